The molecule has 11 nitrogen and oxygen atoms in total. The molecule has 0 aliphatic carbocycles. The third kappa shape index (κ3) is 8.72. The molecule has 1 aromatic carbocycles. The molecule has 4 rings (SSSR count). The van der Waals surface area contributed by atoms with Crippen molar-refractivity contribution < 1.29 is 33.4 Å². The van der Waals surface area contributed by atoms with Gasteiger partial charge in [0, 0.05) is 25.6 Å². The molecule has 0 bridgehead atoms. The topological polar surface area (TPSA) is 136 Å². The number of aryl methyl sites for hydroxylation is 2. The van der Waals surface area contributed by atoms with Crippen molar-refractivity contribution in [2.75, 3.05) is 46.2 Å². The molecule has 0 saturated carbocycles. The number of thiazole rings is 1. The van der Waals surface area contributed by atoms with Gasteiger partial charge in [0.25, 0.3) is 0 Å². The van der Waals surface area contributed by atoms with Crippen molar-refractivity contribution >= 4 is 23.2 Å². The summed E-state index contributed by atoms with van der Waals surface area (Å²) >= 11 is 1.57. The van der Waals surface area contributed by atoms with Crippen LogP contribution < -0.4 is 5.32 Å². The van der Waals surface area contributed by atoms with E-state index in [9.17, 15) is 14.7 Å². The van der Waals surface area contributed by atoms with Crippen molar-refractivity contribution in [1.82, 2.24) is 20.4 Å². The van der Waals surface area contributed by atoms with Gasteiger partial charge >= 0.3 is 0 Å². The van der Waals surface area contributed by atoms with Gasteiger partial charge in [0.1, 0.15) is 17.7 Å². The number of aliphatic hydroxyl groups excluding tert-OH is 1. The number of carbonyl (C=O) groups is 2. The quantitative estimate of drug-likeness (QED) is 0.227. The van der Waals surface area contributed by atoms with E-state index >= 15 is 0 Å². The Bertz CT molecular complexity index is 1340. The molecule has 1 aliphatic rings. The second-order valence-corrected chi connectivity index (χ2v) is 12.1. The molecule has 1 aliphatic heterocycles. The number of β-amino-alcohol motifs (C(OH)–C–C–N with tert-alkyl or cyclic N) is 1. The van der Waals surface area contributed by atoms with E-state index in [4.69, 9.17) is 18.7 Å². The predicted octanol–water partition coefficient (Wildman–Crippen LogP) is 3.86. The van der Waals surface area contributed by atoms with Crippen molar-refractivity contribution in [2.45, 2.75) is 58.2 Å². The zero-order valence-corrected chi connectivity index (χ0v) is 26.7. The van der Waals surface area contributed by atoms with E-state index in [0.29, 0.717) is 44.5 Å². The normalized spacial score (nSPS) is 18.1. The fourth-order valence-electron chi connectivity index (χ4n) is 5.33. The fourth-order valence-corrected chi connectivity index (χ4v) is 6.14. The monoisotopic (exact) mass is 627 g/mol. The largest absolute Gasteiger partial charge is 0.391 e. The number of ether oxygens (including phenoxy) is 3. The number of nitrogens with zero attached hydrogens (tertiary/aromatic N) is 3. The highest BCUT2D eigenvalue weighted by molar-refractivity contribution is 7.13. The first-order valence-electron chi connectivity index (χ1n) is 14.9. The van der Waals surface area contributed by atoms with Crippen LogP contribution in [0.3, 0.4) is 0 Å². The number of aromatic nitrogens is 2. The molecule has 4 atom stereocenters. The SMILES string of the molecule is [CH2]COCCOCCOC[C@H](NC(=O)[C@@H]1C[C@@H](O)CN1C(=O)C(c1cc(C)no1)C(C)C)c1ccc(-c2scnc2C)cc1. The van der Waals surface area contributed by atoms with Crippen LogP contribution in [0.2, 0.25) is 0 Å². The minimum atomic E-state index is -0.847. The van der Waals surface area contributed by atoms with Crippen LogP contribution in [0.4, 0.5) is 0 Å². The molecule has 44 heavy (non-hydrogen) atoms. The van der Waals surface area contributed by atoms with Crippen LogP contribution in [0.25, 0.3) is 10.4 Å². The number of carbonyl (C=O) groups excluding carboxylic acids is 2. The predicted molar refractivity (Wildman–Crippen MR) is 166 cm³/mol. The summed E-state index contributed by atoms with van der Waals surface area (Å²) in [5.74, 6) is -0.914. The number of hydrogen-bond acceptors (Lipinski definition) is 10. The molecular weight excluding hydrogens is 584 g/mol. The summed E-state index contributed by atoms with van der Waals surface area (Å²) in [4.78, 5) is 34.5. The Balaban J connectivity index is 1.48. The minimum Gasteiger partial charge on any atom is -0.391 e. The zero-order valence-electron chi connectivity index (χ0n) is 25.9. The van der Waals surface area contributed by atoms with E-state index in [2.05, 4.69) is 22.4 Å². The van der Waals surface area contributed by atoms with Gasteiger partial charge in [-0.15, -0.1) is 11.3 Å². The Labute approximate surface area is 262 Å². The Morgan fingerprint density at radius 2 is 1.84 bits per heavy atom. The molecule has 1 saturated heterocycles. The first-order chi connectivity index (χ1) is 21.2. The third-order valence-electron chi connectivity index (χ3n) is 7.56. The second kappa shape index (κ2) is 16.2. The van der Waals surface area contributed by atoms with Gasteiger partial charge < -0.3 is 34.1 Å². The fraction of sp³-hybridized carbons (Fsp3) is 0.531. The molecule has 239 valence electrons. The molecule has 1 radical (unpaired) electrons. The molecule has 12 heteroatoms. The van der Waals surface area contributed by atoms with Gasteiger partial charge in [-0.25, -0.2) is 4.98 Å². The van der Waals surface area contributed by atoms with Gasteiger partial charge in [0.05, 0.1) is 67.0 Å². The van der Waals surface area contributed by atoms with Crippen LogP contribution in [0.5, 0.6) is 0 Å². The third-order valence-corrected chi connectivity index (χ3v) is 8.54. The maximum atomic E-state index is 13.8. The lowest BCUT2D eigenvalue weighted by Gasteiger charge is -2.30. The van der Waals surface area contributed by atoms with E-state index in [0.717, 1.165) is 21.7 Å². The van der Waals surface area contributed by atoms with E-state index in [1.807, 2.05) is 50.5 Å². The molecule has 3 heterocycles. The second-order valence-electron chi connectivity index (χ2n) is 11.2. The first-order valence-corrected chi connectivity index (χ1v) is 15.8. The number of hydrogen-bond donors (Lipinski definition) is 2. The number of aliphatic hydroxyl groups is 1. The lowest BCUT2D eigenvalue weighted by atomic mass is 9.91. The molecule has 2 amide bonds. The van der Waals surface area contributed by atoms with Gasteiger partial charge in [-0.1, -0.05) is 43.3 Å². The lowest BCUT2D eigenvalue weighted by molar-refractivity contribution is -0.141. The summed E-state index contributed by atoms with van der Waals surface area (Å²) in [6, 6.07) is 8.32. The Morgan fingerprint density at radius 3 is 2.45 bits per heavy atom. The molecule has 1 fully saturated rings. The number of benzene rings is 1. The van der Waals surface area contributed by atoms with Crippen molar-refractivity contribution in [3.8, 4) is 10.4 Å². The summed E-state index contributed by atoms with van der Waals surface area (Å²) < 4.78 is 22.1. The summed E-state index contributed by atoms with van der Waals surface area (Å²) in [5, 5.41) is 17.6. The van der Waals surface area contributed by atoms with Crippen LogP contribution in [0, 0.1) is 26.7 Å². The minimum absolute atomic E-state index is 0.0620. The van der Waals surface area contributed by atoms with Crippen LogP contribution in [0.1, 0.15) is 54.9 Å². The van der Waals surface area contributed by atoms with Crippen molar-refractivity contribution in [3.05, 3.63) is 65.5 Å². The lowest BCUT2D eigenvalue weighted by Crippen LogP contribution is -2.49. The van der Waals surface area contributed by atoms with E-state index in [1.54, 1.807) is 24.3 Å². The molecule has 0 spiro atoms. The van der Waals surface area contributed by atoms with Gasteiger partial charge in [-0.05, 0) is 37.8 Å². The summed E-state index contributed by atoms with van der Waals surface area (Å²) in [6.07, 6.45) is -0.682. The highest BCUT2D eigenvalue weighted by Gasteiger charge is 2.43. The summed E-state index contributed by atoms with van der Waals surface area (Å²) in [6.45, 7) is 13.5. The van der Waals surface area contributed by atoms with E-state index in [1.165, 1.54) is 4.90 Å². The molecule has 1 unspecified atom stereocenters. The number of likely N-dealkylation sites (tertiary alicyclic amines) is 1. The highest BCUT2D eigenvalue weighted by atomic mass is 32.1. The van der Waals surface area contributed by atoms with Crippen LogP contribution in [0.15, 0.2) is 40.4 Å². The van der Waals surface area contributed by atoms with E-state index in [-0.39, 0.29) is 37.3 Å². The van der Waals surface area contributed by atoms with E-state index < -0.39 is 24.1 Å². The van der Waals surface area contributed by atoms with Crippen LogP contribution in [-0.2, 0) is 23.8 Å². The molecular formula is C32H43N4O7S. The van der Waals surface area contributed by atoms with Crippen molar-refractivity contribution in [2.24, 2.45) is 5.92 Å². The Hall–Kier alpha value is -3.16. The van der Waals surface area contributed by atoms with Crippen LogP contribution in [-0.4, -0.2) is 90.3 Å². The van der Waals surface area contributed by atoms with Gasteiger partial charge in [0.2, 0.25) is 11.8 Å². The molecule has 2 aromatic heterocycles. The number of amides is 2. The van der Waals surface area contributed by atoms with Crippen molar-refractivity contribution in [3.63, 3.8) is 0 Å². The van der Waals surface area contributed by atoms with Crippen LogP contribution >= 0.6 is 11.3 Å². The molecule has 3 aromatic rings. The average Bonchev–Trinajstić information content (AvgIpc) is 3.73. The van der Waals surface area contributed by atoms with Crippen molar-refractivity contribution in [1.29, 1.82) is 0 Å². The standard InChI is InChI=1S/C32H43N4O7S/c1-6-40-11-12-41-13-14-42-18-26(23-7-9-24(10-8-23)30-22(5)33-19-44-30)34-31(38)27-16-25(37)17-36(27)32(39)29(20(2)3)28-15-21(4)35-43-28/h7-10,15,19-20,25-27,29,37H,1,6,11-14,16-18H2,2-5H3,(H,34,38)/t25-,26+,27+,29?/m1/s1. The number of nitrogens with one attached hydrogen (secondary N) is 1. The first kappa shape index (κ1) is 33.7. The smallest absolute Gasteiger partial charge is 0.243 e. The molecule has 2 N–H and O–H groups in total. The van der Waals surface area contributed by atoms with Gasteiger partial charge in [-0.2, -0.15) is 0 Å². The average molecular weight is 628 g/mol. The van der Waals surface area contributed by atoms with Gasteiger partial charge in [-0.3, -0.25) is 9.59 Å². The van der Waals surface area contributed by atoms with Gasteiger partial charge in [0.15, 0.2) is 0 Å². The zero-order chi connectivity index (χ0) is 31.6. The maximum Gasteiger partial charge on any atom is 0.243 e. The highest BCUT2D eigenvalue weighted by Crippen LogP contribution is 2.32. The maximum absolute atomic E-state index is 13.8. The summed E-state index contributed by atoms with van der Waals surface area (Å²) in [7, 11) is 0. The Morgan fingerprint density at radius 1 is 1.14 bits per heavy atom. The Kier molecular flexibility index (Phi) is 12.4. The number of rotatable bonds is 16. The summed E-state index contributed by atoms with van der Waals surface area (Å²) in [5.41, 5.74) is 5.34.